The second-order valence-electron chi connectivity index (χ2n) is 5.27. The Hall–Kier alpha value is -1.03. The molecule has 6 nitrogen and oxygen atoms in total. The van der Waals surface area contributed by atoms with Crippen molar-refractivity contribution in [1.29, 1.82) is 0 Å². The van der Waals surface area contributed by atoms with Crippen LogP contribution in [0.15, 0.2) is 29.2 Å². The number of halogens is 1. The van der Waals surface area contributed by atoms with Gasteiger partial charge in [0.15, 0.2) is 14.9 Å². The van der Waals surface area contributed by atoms with Gasteiger partial charge in [-0.2, -0.15) is 0 Å². The molecule has 0 spiro atoms. The number of carbonyl (C=O) groups is 1. The molecule has 1 aromatic carbocycles. The van der Waals surface area contributed by atoms with Gasteiger partial charge < -0.3 is 5.32 Å². The van der Waals surface area contributed by atoms with E-state index >= 15 is 0 Å². The van der Waals surface area contributed by atoms with Crippen molar-refractivity contribution in [3.63, 3.8) is 0 Å². The lowest BCUT2D eigenvalue weighted by atomic mass is 10.1. The number of thioether (sulfide) groups is 1. The van der Waals surface area contributed by atoms with E-state index in [1.54, 1.807) is 11.8 Å². The number of hydrogen-bond acceptors (Lipinski definition) is 5. The molecule has 132 valence electrons. The average Bonchev–Trinajstić information content (AvgIpc) is 2.91. The first-order valence-electron chi connectivity index (χ1n) is 7.28. The van der Waals surface area contributed by atoms with Gasteiger partial charge in [0.1, 0.15) is 0 Å². The highest BCUT2D eigenvalue weighted by Crippen LogP contribution is 2.19. The van der Waals surface area contributed by atoms with Crippen molar-refractivity contribution < 1.29 is 13.2 Å². The number of nitrogens with one attached hydrogen (secondary N) is 3. The Kier molecular flexibility index (Phi) is 7.15. The van der Waals surface area contributed by atoms with Crippen LogP contribution < -0.4 is 16.2 Å². The molecular formula is C14H18ClN3O3S3. The molecule has 1 aliphatic rings. The zero-order chi connectivity index (χ0) is 17.6. The van der Waals surface area contributed by atoms with Gasteiger partial charge >= 0.3 is 0 Å². The van der Waals surface area contributed by atoms with Crippen molar-refractivity contribution >= 4 is 56.4 Å². The molecule has 0 bridgehead atoms. The Balaban J connectivity index is 1.60. The van der Waals surface area contributed by atoms with Crippen LogP contribution in [0, 0.1) is 5.92 Å². The molecule has 10 heteroatoms. The Morgan fingerprint density at radius 1 is 1.29 bits per heavy atom. The molecule has 0 saturated carbocycles. The predicted molar refractivity (Wildman–Crippen MR) is 101 cm³/mol. The standard InChI is InChI=1S/C14H18ClN3O3S3/c15-11-1-3-12(4-2-11)23-7-6-16-14(22)18-17-13(19)10-5-8-24(20,21)9-10/h1-4,10H,5-9H2,(H,17,19)(H2,16,18,22)/t10-/m1/s1. The summed E-state index contributed by atoms with van der Waals surface area (Å²) >= 11 is 12.5. The van der Waals surface area contributed by atoms with Gasteiger partial charge in [0.2, 0.25) is 5.91 Å². The molecule has 0 aromatic heterocycles. The molecule has 1 saturated heterocycles. The van der Waals surface area contributed by atoms with E-state index in [9.17, 15) is 13.2 Å². The van der Waals surface area contributed by atoms with Gasteiger partial charge in [-0.1, -0.05) is 11.6 Å². The Morgan fingerprint density at radius 2 is 2.00 bits per heavy atom. The first-order valence-corrected chi connectivity index (χ1v) is 10.9. The van der Waals surface area contributed by atoms with E-state index in [4.69, 9.17) is 23.8 Å². The third-order valence-electron chi connectivity index (χ3n) is 3.37. The van der Waals surface area contributed by atoms with Crippen molar-refractivity contribution in [2.45, 2.75) is 11.3 Å². The SMILES string of the molecule is O=C(NNC(=S)NCCSc1ccc(Cl)cc1)[C@@H]1CCS(=O)(=O)C1. The molecule has 1 amide bonds. The van der Waals surface area contributed by atoms with Crippen molar-refractivity contribution in [2.24, 2.45) is 5.92 Å². The van der Waals surface area contributed by atoms with Crippen molar-refractivity contribution in [3.05, 3.63) is 29.3 Å². The predicted octanol–water partition coefficient (Wildman–Crippen LogP) is 1.36. The molecular weight excluding hydrogens is 390 g/mol. The normalized spacial score (nSPS) is 18.8. The fourth-order valence-electron chi connectivity index (χ4n) is 2.13. The van der Waals surface area contributed by atoms with E-state index in [2.05, 4.69) is 16.2 Å². The third kappa shape index (κ3) is 6.46. The Bertz CT molecular complexity index is 695. The molecule has 2 rings (SSSR count). The minimum Gasteiger partial charge on any atom is -0.361 e. The number of amides is 1. The average molecular weight is 408 g/mol. The second kappa shape index (κ2) is 8.89. The maximum atomic E-state index is 11.8. The molecule has 1 aromatic rings. The number of benzene rings is 1. The Morgan fingerprint density at radius 3 is 2.62 bits per heavy atom. The second-order valence-corrected chi connectivity index (χ2v) is 9.51. The minimum absolute atomic E-state index is 0.0652. The molecule has 0 radical (unpaired) electrons. The smallest absolute Gasteiger partial charge is 0.242 e. The van der Waals surface area contributed by atoms with E-state index in [0.29, 0.717) is 23.1 Å². The Labute approximate surface area is 156 Å². The maximum absolute atomic E-state index is 11.8. The summed E-state index contributed by atoms with van der Waals surface area (Å²) in [6.45, 7) is 0.618. The van der Waals surface area contributed by atoms with Crippen molar-refractivity contribution in [3.8, 4) is 0 Å². The maximum Gasteiger partial charge on any atom is 0.242 e. The van der Waals surface area contributed by atoms with E-state index in [1.807, 2.05) is 24.3 Å². The van der Waals surface area contributed by atoms with Gasteiger partial charge in [0.05, 0.1) is 17.4 Å². The van der Waals surface area contributed by atoms with E-state index in [-0.39, 0.29) is 17.4 Å². The van der Waals surface area contributed by atoms with Crippen LogP contribution in [0.3, 0.4) is 0 Å². The van der Waals surface area contributed by atoms with Gasteiger partial charge in [0, 0.05) is 22.2 Å². The van der Waals surface area contributed by atoms with Gasteiger partial charge in [-0.05, 0) is 42.9 Å². The molecule has 1 aliphatic heterocycles. The first-order chi connectivity index (χ1) is 11.4. The van der Waals surface area contributed by atoms with Crippen LogP contribution in [0.5, 0.6) is 0 Å². The van der Waals surface area contributed by atoms with Gasteiger partial charge in [-0.15, -0.1) is 11.8 Å². The molecule has 1 heterocycles. The van der Waals surface area contributed by atoms with Crippen LogP contribution in [-0.2, 0) is 14.6 Å². The summed E-state index contributed by atoms with van der Waals surface area (Å²) in [4.78, 5) is 12.9. The summed E-state index contributed by atoms with van der Waals surface area (Å²) < 4.78 is 22.7. The highest BCUT2D eigenvalue weighted by molar-refractivity contribution is 7.99. The first kappa shape index (κ1) is 19.3. The molecule has 1 fully saturated rings. The van der Waals surface area contributed by atoms with Crippen LogP contribution >= 0.6 is 35.6 Å². The number of hydrogen-bond donors (Lipinski definition) is 3. The van der Waals surface area contributed by atoms with Crippen LogP contribution in [-0.4, -0.2) is 43.2 Å². The van der Waals surface area contributed by atoms with Gasteiger partial charge in [-0.25, -0.2) is 8.42 Å². The van der Waals surface area contributed by atoms with Crippen LogP contribution in [0.1, 0.15) is 6.42 Å². The molecule has 3 N–H and O–H groups in total. The van der Waals surface area contributed by atoms with Crippen LogP contribution in [0.4, 0.5) is 0 Å². The third-order valence-corrected chi connectivity index (χ3v) is 6.65. The van der Waals surface area contributed by atoms with Crippen molar-refractivity contribution in [1.82, 2.24) is 16.2 Å². The molecule has 0 unspecified atom stereocenters. The monoisotopic (exact) mass is 407 g/mol. The lowest BCUT2D eigenvalue weighted by Gasteiger charge is -2.13. The van der Waals surface area contributed by atoms with Crippen molar-refractivity contribution in [2.75, 3.05) is 23.8 Å². The zero-order valence-corrected chi connectivity index (χ0v) is 16.0. The van der Waals surface area contributed by atoms with Crippen LogP contribution in [0.25, 0.3) is 0 Å². The van der Waals surface area contributed by atoms with Gasteiger partial charge in [0.25, 0.3) is 0 Å². The highest BCUT2D eigenvalue weighted by Gasteiger charge is 2.32. The summed E-state index contributed by atoms with van der Waals surface area (Å²) in [5, 5.41) is 3.96. The quantitative estimate of drug-likeness (QED) is 0.294. The summed E-state index contributed by atoms with van der Waals surface area (Å²) in [5.41, 5.74) is 5.04. The molecule has 1 atom stereocenters. The van der Waals surface area contributed by atoms with E-state index in [1.165, 1.54) is 0 Å². The molecule has 24 heavy (non-hydrogen) atoms. The lowest BCUT2D eigenvalue weighted by Crippen LogP contribution is -2.49. The minimum atomic E-state index is -3.07. The highest BCUT2D eigenvalue weighted by atomic mass is 35.5. The number of rotatable bonds is 5. The zero-order valence-electron chi connectivity index (χ0n) is 12.7. The summed E-state index contributed by atoms with van der Waals surface area (Å²) in [7, 11) is -3.07. The largest absolute Gasteiger partial charge is 0.361 e. The number of thiocarbonyl (C=S) groups is 1. The fraction of sp³-hybridized carbons (Fsp3) is 0.429. The molecule has 0 aliphatic carbocycles. The lowest BCUT2D eigenvalue weighted by molar-refractivity contribution is -0.124. The fourth-order valence-corrected chi connectivity index (χ4v) is 4.92. The van der Waals surface area contributed by atoms with E-state index < -0.39 is 15.8 Å². The summed E-state index contributed by atoms with van der Waals surface area (Å²) in [6.07, 6.45) is 0.355. The van der Waals surface area contributed by atoms with Gasteiger partial charge in [-0.3, -0.25) is 15.6 Å². The van der Waals surface area contributed by atoms with E-state index in [0.717, 1.165) is 10.6 Å². The summed E-state index contributed by atoms with van der Waals surface area (Å²) in [6, 6.07) is 7.56. The number of hydrazine groups is 1. The number of carbonyl (C=O) groups excluding carboxylic acids is 1. The number of sulfone groups is 1. The van der Waals surface area contributed by atoms with Crippen LogP contribution in [0.2, 0.25) is 5.02 Å². The summed E-state index contributed by atoms with van der Waals surface area (Å²) in [5.74, 6) is -0.103. The topological polar surface area (TPSA) is 87.3 Å².